The van der Waals surface area contributed by atoms with Crippen LogP contribution in [-0.2, 0) is 11.2 Å². The second-order valence-corrected chi connectivity index (χ2v) is 6.08. The zero-order valence-electron chi connectivity index (χ0n) is 14.0. The van der Waals surface area contributed by atoms with Crippen LogP contribution in [0.3, 0.4) is 0 Å². The van der Waals surface area contributed by atoms with Crippen molar-refractivity contribution in [1.82, 2.24) is 15.6 Å². The van der Waals surface area contributed by atoms with Gasteiger partial charge in [0.15, 0.2) is 5.96 Å². The van der Waals surface area contributed by atoms with Gasteiger partial charge in [-0.2, -0.15) is 0 Å². The smallest absolute Gasteiger partial charge is 0.191 e. The van der Waals surface area contributed by atoms with Crippen molar-refractivity contribution in [2.24, 2.45) is 4.99 Å². The monoisotopic (exact) mass is 314 g/mol. The number of ether oxygens (including phenoxy) is 1. The zero-order valence-corrected chi connectivity index (χ0v) is 14.0. The van der Waals surface area contributed by atoms with Crippen LogP contribution in [0.15, 0.2) is 29.4 Å². The van der Waals surface area contributed by atoms with Gasteiger partial charge < -0.3 is 20.4 Å². The van der Waals surface area contributed by atoms with Gasteiger partial charge in [-0.3, -0.25) is 4.99 Å². The fourth-order valence-electron chi connectivity index (χ4n) is 3.20. The second-order valence-electron chi connectivity index (χ2n) is 6.08. The normalized spacial score (nSPS) is 18.5. The molecule has 0 aliphatic carbocycles. The average Bonchev–Trinajstić information content (AvgIpc) is 3.21. The van der Waals surface area contributed by atoms with E-state index in [1.165, 1.54) is 22.0 Å². The van der Waals surface area contributed by atoms with Crippen LogP contribution in [-0.4, -0.2) is 43.8 Å². The van der Waals surface area contributed by atoms with Crippen LogP contribution in [0, 0.1) is 6.92 Å². The summed E-state index contributed by atoms with van der Waals surface area (Å²) in [6.45, 7) is 4.73. The fraction of sp³-hybridized carbons (Fsp3) is 0.500. The Bertz CT molecular complexity index is 671. The third kappa shape index (κ3) is 3.85. The van der Waals surface area contributed by atoms with Crippen molar-refractivity contribution >= 4 is 16.9 Å². The average molecular weight is 314 g/mol. The Kier molecular flexibility index (Phi) is 5.18. The van der Waals surface area contributed by atoms with Gasteiger partial charge in [-0.1, -0.05) is 12.1 Å². The molecule has 1 aliphatic rings. The number of guanidine groups is 1. The lowest BCUT2D eigenvalue weighted by atomic mass is 10.1. The van der Waals surface area contributed by atoms with Crippen molar-refractivity contribution in [3.05, 3.63) is 35.5 Å². The standard InChI is InChI=1S/C18H26N4O/c1-13-5-3-7-16-17(13)14(11-21-16)8-9-20-18(19-2)22-12-15-6-4-10-23-15/h3,5,7,11,15,21H,4,6,8-10,12H2,1-2H3,(H2,19,20,22). The van der Waals surface area contributed by atoms with E-state index in [4.69, 9.17) is 4.74 Å². The molecule has 3 N–H and O–H groups in total. The van der Waals surface area contributed by atoms with E-state index >= 15 is 0 Å². The van der Waals surface area contributed by atoms with Crippen LogP contribution in [0.1, 0.15) is 24.0 Å². The van der Waals surface area contributed by atoms with E-state index in [-0.39, 0.29) is 0 Å². The molecule has 1 aromatic carbocycles. The molecule has 3 rings (SSSR count). The van der Waals surface area contributed by atoms with Crippen LogP contribution in [0.2, 0.25) is 0 Å². The van der Waals surface area contributed by atoms with Crippen molar-refractivity contribution in [2.45, 2.75) is 32.3 Å². The molecular formula is C18H26N4O. The van der Waals surface area contributed by atoms with E-state index in [0.717, 1.165) is 44.9 Å². The first kappa shape index (κ1) is 15.9. The lowest BCUT2D eigenvalue weighted by Gasteiger charge is -2.15. The van der Waals surface area contributed by atoms with E-state index in [1.54, 1.807) is 7.05 Å². The quantitative estimate of drug-likeness (QED) is 0.586. The first-order valence-corrected chi connectivity index (χ1v) is 8.39. The number of hydrogen-bond acceptors (Lipinski definition) is 2. The molecule has 1 fully saturated rings. The summed E-state index contributed by atoms with van der Waals surface area (Å²) >= 11 is 0. The Hall–Kier alpha value is -2.01. The molecule has 5 nitrogen and oxygen atoms in total. The molecule has 124 valence electrons. The number of H-pyrrole nitrogens is 1. The maximum absolute atomic E-state index is 5.62. The molecule has 1 saturated heterocycles. The summed E-state index contributed by atoms with van der Waals surface area (Å²) in [7, 11) is 1.81. The summed E-state index contributed by atoms with van der Waals surface area (Å²) in [6, 6.07) is 6.38. The third-order valence-electron chi connectivity index (χ3n) is 4.43. The summed E-state index contributed by atoms with van der Waals surface area (Å²) in [5.74, 6) is 0.845. The van der Waals surface area contributed by atoms with Crippen molar-refractivity contribution in [2.75, 3.05) is 26.7 Å². The Balaban J connectivity index is 1.51. The van der Waals surface area contributed by atoms with Crippen LogP contribution < -0.4 is 10.6 Å². The molecule has 1 atom stereocenters. The van der Waals surface area contributed by atoms with Gasteiger partial charge in [-0.15, -0.1) is 0 Å². The molecule has 0 spiro atoms. The Morgan fingerprint density at radius 2 is 2.30 bits per heavy atom. The van der Waals surface area contributed by atoms with Gasteiger partial charge in [-0.05, 0) is 43.4 Å². The Morgan fingerprint density at radius 1 is 1.39 bits per heavy atom. The minimum atomic E-state index is 0.324. The molecule has 1 unspecified atom stereocenters. The van der Waals surface area contributed by atoms with Gasteiger partial charge in [-0.25, -0.2) is 0 Å². The highest BCUT2D eigenvalue weighted by Gasteiger charge is 2.15. The number of aryl methyl sites for hydroxylation is 1. The summed E-state index contributed by atoms with van der Waals surface area (Å²) < 4.78 is 5.62. The van der Waals surface area contributed by atoms with Gasteiger partial charge in [0, 0.05) is 43.8 Å². The number of rotatable bonds is 5. The summed E-state index contributed by atoms with van der Waals surface area (Å²) in [5, 5.41) is 8.08. The molecule has 1 aromatic heterocycles. The Morgan fingerprint density at radius 3 is 3.09 bits per heavy atom. The summed E-state index contributed by atoms with van der Waals surface area (Å²) in [5.41, 5.74) is 3.88. The number of fused-ring (bicyclic) bond motifs is 1. The van der Waals surface area contributed by atoms with Crippen molar-refractivity contribution in [3.8, 4) is 0 Å². The highest BCUT2D eigenvalue weighted by atomic mass is 16.5. The van der Waals surface area contributed by atoms with Gasteiger partial charge >= 0.3 is 0 Å². The molecule has 23 heavy (non-hydrogen) atoms. The first-order valence-electron chi connectivity index (χ1n) is 8.39. The molecular weight excluding hydrogens is 288 g/mol. The predicted molar refractivity (Wildman–Crippen MR) is 95.1 cm³/mol. The first-order chi connectivity index (χ1) is 11.3. The van der Waals surface area contributed by atoms with Crippen molar-refractivity contribution < 1.29 is 4.74 Å². The van der Waals surface area contributed by atoms with Crippen LogP contribution in [0.5, 0.6) is 0 Å². The summed E-state index contributed by atoms with van der Waals surface area (Å²) in [6.07, 6.45) is 5.70. The fourth-order valence-corrected chi connectivity index (χ4v) is 3.20. The van der Waals surface area contributed by atoms with Crippen LogP contribution in [0.25, 0.3) is 10.9 Å². The summed E-state index contributed by atoms with van der Waals surface area (Å²) in [4.78, 5) is 7.63. The molecule has 5 heteroatoms. The largest absolute Gasteiger partial charge is 0.376 e. The minimum Gasteiger partial charge on any atom is -0.376 e. The van der Waals surface area contributed by atoms with Gasteiger partial charge in [0.05, 0.1) is 6.10 Å². The van der Waals surface area contributed by atoms with Gasteiger partial charge in [0.25, 0.3) is 0 Å². The SMILES string of the molecule is CN=C(NCCc1c[nH]c2cccc(C)c12)NCC1CCCO1. The topological polar surface area (TPSA) is 61.4 Å². The van der Waals surface area contributed by atoms with E-state index in [9.17, 15) is 0 Å². The lowest BCUT2D eigenvalue weighted by Crippen LogP contribution is -2.41. The number of nitrogens with one attached hydrogen (secondary N) is 3. The number of aromatic amines is 1. The molecule has 0 saturated carbocycles. The number of aliphatic imine (C=N–C) groups is 1. The Labute approximate surface area is 137 Å². The van der Waals surface area contributed by atoms with E-state index in [1.807, 2.05) is 0 Å². The predicted octanol–water partition coefficient (Wildman–Crippen LogP) is 2.36. The molecule has 2 aromatic rings. The van der Waals surface area contributed by atoms with Gasteiger partial charge in [0.1, 0.15) is 0 Å². The maximum Gasteiger partial charge on any atom is 0.191 e. The van der Waals surface area contributed by atoms with E-state index < -0.39 is 0 Å². The third-order valence-corrected chi connectivity index (χ3v) is 4.43. The van der Waals surface area contributed by atoms with Crippen molar-refractivity contribution in [3.63, 3.8) is 0 Å². The van der Waals surface area contributed by atoms with Gasteiger partial charge in [0.2, 0.25) is 0 Å². The van der Waals surface area contributed by atoms with Crippen LogP contribution >= 0.6 is 0 Å². The maximum atomic E-state index is 5.62. The highest BCUT2D eigenvalue weighted by molar-refractivity contribution is 5.86. The number of nitrogens with zero attached hydrogens (tertiary/aromatic N) is 1. The van der Waals surface area contributed by atoms with Crippen molar-refractivity contribution in [1.29, 1.82) is 0 Å². The number of hydrogen-bond donors (Lipinski definition) is 3. The molecule has 0 bridgehead atoms. The number of aromatic nitrogens is 1. The lowest BCUT2D eigenvalue weighted by molar-refractivity contribution is 0.114. The van der Waals surface area contributed by atoms with Crippen LogP contribution in [0.4, 0.5) is 0 Å². The van der Waals surface area contributed by atoms with E-state index in [2.05, 4.69) is 51.9 Å². The van der Waals surface area contributed by atoms with E-state index in [0.29, 0.717) is 6.10 Å². The molecule has 2 heterocycles. The number of benzene rings is 1. The molecule has 0 radical (unpaired) electrons. The second kappa shape index (κ2) is 7.51. The molecule has 0 amide bonds. The highest BCUT2D eigenvalue weighted by Crippen LogP contribution is 2.22. The minimum absolute atomic E-state index is 0.324. The zero-order chi connectivity index (χ0) is 16.1. The molecule has 1 aliphatic heterocycles.